The Morgan fingerprint density at radius 1 is 1.11 bits per heavy atom. The van der Waals surface area contributed by atoms with Crippen molar-refractivity contribution in [1.82, 2.24) is 20.9 Å². The van der Waals surface area contributed by atoms with E-state index >= 15 is 0 Å². The van der Waals surface area contributed by atoms with E-state index in [0.29, 0.717) is 19.6 Å². The lowest BCUT2D eigenvalue weighted by atomic mass is 10.1. The SMILES string of the molecule is CN=C(NCCNC(=O)C1CC1)NCc1ccccc1CN1CCOCC1.I. The molecular formula is C20H32IN5O2. The van der Waals surface area contributed by atoms with E-state index in [1.807, 2.05) is 0 Å². The lowest BCUT2D eigenvalue weighted by molar-refractivity contribution is -0.122. The summed E-state index contributed by atoms with van der Waals surface area (Å²) in [7, 11) is 1.76. The zero-order valence-corrected chi connectivity index (χ0v) is 18.9. The smallest absolute Gasteiger partial charge is 0.223 e. The van der Waals surface area contributed by atoms with Crippen LogP contribution in [0.2, 0.25) is 0 Å². The summed E-state index contributed by atoms with van der Waals surface area (Å²) in [5.41, 5.74) is 2.60. The summed E-state index contributed by atoms with van der Waals surface area (Å²) in [5, 5.41) is 9.57. The van der Waals surface area contributed by atoms with E-state index in [4.69, 9.17) is 4.74 Å². The molecule has 0 aromatic heterocycles. The van der Waals surface area contributed by atoms with Crippen molar-refractivity contribution in [1.29, 1.82) is 0 Å². The predicted octanol–water partition coefficient (Wildman–Crippen LogP) is 1.33. The molecule has 0 bridgehead atoms. The van der Waals surface area contributed by atoms with E-state index in [0.717, 1.165) is 51.6 Å². The van der Waals surface area contributed by atoms with Gasteiger partial charge in [-0.2, -0.15) is 0 Å². The van der Waals surface area contributed by atoms with E-state index in [2.05, 4.69) is 50.1 Å². The lowest BCUT2D eigenvalue weighted by Crippen LogP contribution is -2.41. The number of guanidine groups is 1. The molecule has 1 aliphatic carbocycles. The number of morpholine rings is 1. The number of halogens is 1. The monoisotopic (exact) mass is 501 g/mol. The Balaban J connectivity index is 0.00000280. The first-order valence-electron chi connectivity index (χ1n) is 9.85. The minimum Gasteiger partial charge on any atom is -0.379 e. The number of rotatable bonds is 8. The first-order valence-corrected chi connectivity index (χ1v) is 9.85. The Morgan fingerprint density at radius 2 is 1.79 bits per heavy atom. The van der Waals surface area contributed by atoms with E-state index in [1.165, 1.54) is 11.1 Å². The van der Waals surface area contributed by atoms with Crippen LogP contribution in [0.5, 0.6) is 0 Å². The second-order valence-electron chi connectivity index (χ2n) is 7.08. The van der Waals surface area contributed by atoms with Crippen molar-refractivity contribution in [3.8, 4) is 0 Å². The zero-order chi connectivity index (χ0) is 18.9. The van der Waals surface area contributed by atoms with Crippen LogP contribution < -0.4 is 16.0 Å². The summed E-state index contributed by atoms with van der Waals surface area (Å²) in [6, 6.07) is 8.51. The van der Waals surface area contributed by atoms with Gasteiger partial charge in [-0.15, -0.1) is 24.0 Å². The van der Waals surface area contributed by atoms with Gasteiger partial charge in [0, 0.05) is 52.2 Å². The number of carbonyl (C=O) groups excluding carboxylic acids is 1. The summed E-state index contributed by atoms with van der Waals surface area (Å²) in [6.07, 6.45) is 2.07. The first-order chi connectivity index (χ1) is 13.3. The second-order valence-corrected chi connectivity index (χ2v) is 7.08. The minimum atomic E-state index is 0. The molecule has 1 heterocycles. The Labute approximate surface area is 184 Å². The molecule has 1 amide bonds. The number of nitrogens with zero attached hydrogens (tertiary/aromatic N) is 2. The Bertz CT molecular complexity index is 645. The summed E-state index contributed by atoms with van der Waals surface area (Å²) >= 11 is 0. The molecule has 3 rings (SSSR count). The largest absolute Gasteiger partial charge is 0.379 e. The molecule has 28 heavy (non-hydrogen) atoms. The molecular weight excluding hydrogens is 469 g/mol. The maximum Gasteiger partial charge on any atom is 0.223 e. The molecule has 1 aromatic rings. The van der Waals surface area contributed by atoms with Gasteiger partial charge >= 0.3 is 0 Å². The second kappa shape index (κ2) is 12.2. The van der Waals surface area contributed by atoms with Crippen LogP contribution in [0, 0.1) is 5.92 Å². The van der Waals surface area contributed by atoms with Crippen LogP contribution in [0.3, 0.4) is 0 Å². The summed E-state index contributed by atoms with van der Waals surface area (Å²) < 4.78 is 5.43. The van der Waals surface area contributed by atoms with E-state index < -0.39 is 0 Å². The number of aliphatic imine (C=N–C) groups is 1. The molecule has 2 fully saturated rings. The third-order valence-corrected chi connectivity index (χ3v) is 4.95. The molecule has 1 aliphatic heterocycles. The highest BCUT2D eigenvalue weighted by Crippen LogP contribution is 2.28. The fourth-order valence-electron chi connectivity index (χ4n) is 3.14. The van der Waals surface area contributed by atoms with Crippen LogP contribution in [-0.2, 0) is 22.6 Å². The van der Waals surface area contributed by atoms with Crippen molar-refractivity contribution in [2.24, 2.45) is 10.9 Å². The predicted molar refractivity (Wildman–Crippen MR) is 122 cm³/mol. The van der Waals surface area contributed by atoms with Gasteiger partial charge in [-0.3, -0.25) is 14.7 Å². The highest BCUT2D eigenvalue weighted by molar-refractivity contribution is 14.0. The van der Waals surface area contributed by atoms with Gasteiger partial charge in [-0.05, 0) is 24.0 Å². The number of ether oxygens (including phenoxy) is 1. The average molecular weight is 501 g/mol. The van der Waals surface area contributed by atoms with Crippen LogP contribution in [0.4, 0.5) is 0 Å². The molecule has 1 saturated heterocycles. The van der Waals surface area contributed by atoms with Crippen molar-refractivity contribution in [2.45, 2.75) is 25.9 Å². The number of nitrogens with one attached hydrogen (secondary N) is 3. The highest BCUT2D eigenvalue weighted by atomic mass is 127. The Kier molecular flexibility index (Phi) is 10.0. The molecule has 7 nitrogen and oxygen atoms in total. The molecule has 156 valence electrons. The van der Waals surface area contributed by atoms with E-state index in [1.54, 1.807) is 7.05 Å². The normalized spacial score (nSPS) is 17.5. The van der Waals surface area contributed by atoms with Gasteiger partial charge in [0.15, 0.2) is 5.96 Å². The Morgan fingerprint density at radius 3 is 2.46 bits per heavy atom. The van der Waals surface area contributed by atoms with Crippen molar-refractivity contribution in [3.05, 3.63) is 35.4 Å². The molecule has 1 saturated carbocycles. The maximum absolute atomic E-state index is 11.6. The van der Waals surface area contributed by atoms with Gasteiger partial charge in [0.25, 0.3) is 0 Å². The molecule has 2 aliphatic rings. The number of hydrogen-bond donors (Lipinski definition) is 3. The summed E-state index contributed by atoms with van der Waals surface area (Å²) in [5.74, 6) is 1.18. The molecule has 3 N–H and O–H groups in total. The van der Waals surface area contributed by atoms with Gasteiger partial charge < -0.3 is 20.7 Å². The average Bonchev–Trinajstić information content (AvgIpc) is 3.54. The van der Waals surface area contributed by atoms with Crippen LogP contribution in [-0.4, -0.2) is 63.2 Å². The fourth-order valence-corrected chi connectivity index (χ4v) is 3.14. The highest BCUT2D eigenvalue weighted by Gasteiger charge is 2.28. The molecule has 0 radical (unpaired) electrons. The minimum absolute atomic E-state index is 0. The summed E-state index contributed by atoms with van der Waals surface area (Å²) in [4.78, 5) is 18.3. The maximum atomic E-state index is 11.6. The van der Waals surface area contributed by atoms with Crippen LogP contribution in [0.15, 0.2) is 29.3 Å². The fraction of sp³-hybridized carbons (Fsp3) is 0.600. The van der Waals surface area contributed by atoms with Crippen molar-refractivity contribution in [3.63, 3.8) is 0 Å². The molecule has 1 aromatic carbocycles. The summed E-state index contributed by atoms with van der Waals surface area (Å²) in [6.45, 7) is 6.53. The van der Waals surface area contributed by atoms with Gasteiger partial charge in [0.05, 0.1) is 13.2 Å². The lowest BCUT2D eigenvalue weighted by Gasteiger charge is -2.27. The topological polar surface area (TPSA) is 78.0 Å². The number of benzene rings is 1. The number of amides is 1. The first kappa shape index (κ1) is 22.9. The number of carbonyl (C=O) groups is 1. The van der Waals surface area contributed by atoms with Crippen LogP contribution >= 0.6 is 24.0 Å². The third kappa shape index (κ3) is 7.56. The van der Waals surface area contributed by atoms with Crippen molar-refractivity contribution < 1.29 is 9.53 Å². The molecule has 0 spiro atoms. The van der Waals surface area contributed by atoms with E-state index in [9.17, 15) is 4.79 Å². The van der Waals surface area contributed by atoms with Crippen molar-refractivity contribution >= 4 is 35.8 Å². The molecule has 0 atom stereocenters. The Hall–Kier alpha value is -1.39. The quantitative estimate of drug-likeness (QED) is 0.217. The molecule has 8 heteroatoms. The van der Waals surface area contributed by atoms with Crippen LogP contribution in [0.25, 0.3) is 0 Å². The molecule has 0 unspecified atom stereocenters. The van der Waals surface area contributed by atoms with Gasteiger partial charge in [0.1, 0.15) is 0 Å². The standard InChI is InChI=1S/C20H31N5O2.HI/c1-21-20(23-9-8-22-19(26)16-6-7-16)24-14-17-4-2-3-5-18(17)15-25-10-12-27-13-11-25;/h2-5,16H,6-15H2,1H3,(H,22,26)(H2,21,23,24);1H. The van der Waals surface area contributed by atoms with Gasteiger partial charge in [-0.25, -0.2) is 0 Å². The van der Waals surface area contributed by atoms with Gasteiger partial charge in [0.2, 0.25) is 5.91 Å². The van der Waals surface area contributed by atoms with Crippen LogP contribution in [0.1, 0.15) is 24.0 Å². The van der Waals surface area contributed by atoms with E-state index in [-0.39, 0.29) is 35.8 Å². The third-order valence-electron chi connectivity index (χ3n) is 4.95. The number of hydrogen-bond acceptors (Lipinski definition) is 4. The zero-order valence-electron chi connectivity index (χ0n) is 16.6. The van der Waals surface area contributed by atoms with Gasteiger partial charge in [-0.1, -0.05) is 24.3 Å². The van der Waals surface area contributed by atoms with Crippen molar-refractivity contribution in [2.75, 3.05) is 46.4 Å².